The van der Waals surface area contributed by atoms with Crippen molar-refractivity contribution in [1.29, 1.82) is 0 Å². The summed E-state index contributed by atoms with van der Waals surface area (Å²) in [4.78, 5) is 8.75. The second kappa shape index (κ2) is 17.5. The van der Waals surface area contributed by atoms with Gasteiger partial charge in [0.15, 0.2) is 0 Å². The molecule has 2 aromatic heterocycles. The maximum absolute atomic E-state index is 6.57. The normalized spacial score (nSPS) is 11.1. The molecule has 0 bridgehead atoms. The first kappa shape index (κ1) is 36.9. The molecular weight excluding hydrogens is 995 g/mol. The second-order valence-corrected chi connectivity index (χ2v) is 10.8. The van der Waals surface area contributed by atoms with Gasteiger partial charge >= 0.3 is 21.1 Å². The molecule has 6 nitrogen and oxygen atoms in total. The number of para-hydroxylation sites is 3. The van der Waals surface area contributed by atoms with Crippen LogP contribution >= 0.6 is 0 Å². The third-order valence-electron chi connectivity index (χ3n) is 7.48. The number of nitrogens with zero attached hydrogens (tertiary/aromatic N) is 4. The molecular formula is C43H27N4O2Pt2-3. The monoisotopic (exact) mass is 1020 g/mol. The van der Waals surface area contributed by atoms with E-state index in [1.165, 1.54) is 0 Å². The van der Waals surface area contributed by atoms with E-state index >= 15 is 0 Å². The second-order valence-electron chi connectivity index (χ2n) is 10.8. The molecule has 0 radical (unpaired) electrons. The van der Waals surface area contributed by atoms with Crippen molar-refractivity contribution in [3.63, 3.8) is 0 Å². The van der Waals surface area contributed by atoms with Crippen LogP contribution in [0, 0.1) is 49.5 Å². The van der Waals surface area contributed by atoms with Crippen molar-refractivity contribution in [2.75, 3.05) is 16.8 Å². The van der Waals surface area contributed by atoms with E-state index in [1.807, 2.05) is 123 Å². The van der Waals surface area contributed by atoms with Gasteiger partial charge in [-0.1, -0.05) is 30.1 Å². The number of anilines is 3. The summed E-state index contributed by atoms with van der Waals surface area (Å²) in [5.74, 6) is 2.40. The Hall–Kier alpha value is -5.33. The van der Waals surface area contributed by atoms with Crippen molar-refractivity contribution in [3.05, 3.63) is 183 Å². The zero-order chi connectivity index (χ0) is 33.4. The number of aromatic nitrogens is 2. The molecule has 0 atom stereocenters. The largest absolute Gasteiger partial charge is 4.00 e. The van der Waals surface area contributed by atoms with Crippen LogP contribution in [0.5, 0.6) is 23.0 Å². The fraction of sp³-hybridized carbons (Fsp3) is 0.0233. The van der Waals surface area contributed by atoms with Crippen LogP contribution in [0.1, 0.15) is 0 Å². The summed E-state index contributed by atoms with van der Waals surface area (Å²) in [7, 11) is 2.03. The zero-order valence-electron chi connectivity index (χ0n) is 27.1. The molecule has 8 heteroatoms. The van der Waals surface area contributed by atoms with Gasteiger partial charge in [0.2, 0.25) is 0 Å². The number of hydrogen-bond donors (Lipinski definition) is 0. The molecule has 0 saturated heterocycles. The fourth-order valence-electron chi connectivity index (χ4n) is 5.19. The quantitative estimate of drug-likeness (QED) is 0.118. The zero-order valence-corrected chi connectivity index (χ0v) is 31.6. The molecule has 254 valence electrons. The molecule has 1 aliphatic heterocycles. The molecule has 3 heterocycles. The number of ether oxygens (including phenoxy) is 2. The van der Waals surface area contributed by atoms with Gasteiger partial charge in [0, 0.05) is 67.8 Å². The molecule has 0 fully saturated rings. The van der Waals surface area contributed by atoms with E-state index in [1.54, 1.807) is 23.2 Å². The molecule has 1 aliphatic rings. The van der Waals surface area contributed by atoms with Crippen LogP contribution in [0.15, 0.2) is 140 Å². The maximum atomic E-state index is 6.57. The summed E-state index contributed by atoms with van der Waals surface area (Å²) in [6.45, 7) is 2.04. The Balaban J connectivity index is 0.000000503. The summed E-state index contributed by atoms with van der Waals surface area (Å²) >= 11 is 0. The Morgan fingerprint density at radius 2 is 1.29 bits per heavy atom. The summed E-state index contributed by atoms with van der Waals surface area (Å²) in [5.41, 5.74) is 6.35. The molecule has 51 heavy (non-hydrogen) atoms. The first-order valence-corrected chi connectivity index (χ1v) is 15.4. The van der Waals surface area contributed by atoms with E-state index in [-0.39, 0.29) is 42.1 Å². The van der Waals surface area contributed by atoms with Crippen molar-refractivity contribution in [3.8, 4) is 51.4 Å². The van der Waals surface area contributed by atoms with Crippen LogP contribution < -0.4 is 19.3 Å². The predicted octanol–water partition coefficient (Wildman–Crippen LogP) is 9.59. The molecule has 7 aromatic rings. The van der Waals surface area contributed by atoms with Crippen molar-refractivity contribution in [2.45, 2.75) is 0 Å². The molecule has 0 N–H and O–H groups in total. The van der Waals surface area contributed by atoms with Gasteiger partial charge in [0.05, 0.1) is 0 Å². The van der Waals surface area contributed by atoms with Crippen LogP contribution in [0.4, 0.5) is 17.1 Å². The minimum atomic E-state index is 0. The maximum Gasteiger partial charge on any atom is 4.00 e. The van der Waals surface area contributed by atoms with Gasteiger partial charge in [-0.2, -0.15) is 43.1 Å². The predicted molar refractivity (Wildman–Crippen MR) is 191 cm³/mol. The van der Waals surface area contributed by atoms with Crippen LogP contribution in [-0.4, -0.2) is 16.6 Å². The molecule has 0 unspecified atom stereocenters. The van der Waals surface area contributed by atoms with Gasteiger partial charge in [-0.05, 0) is 31.3 Å². The number of benzene rings is 5. The smallest absolute Gasteiger partial charge is 0.669 e. The summed E-state index contributed by atoms with van der Waals surface area (Å²) in [6, 6.07) is 57.3. The SMILES string of the molecule is CN1[CH-]N(c2[c-]c(Oc3[c-]c(-c4cc(-c5[c-]c(Oc6[c-]cccc6)ccc5)[c-]cn4)ccc3)ccc2)c2ccccc21.[C-]#Cn1cccc1.[Pt+4].[Pt]. The number of hydrogen-bond acceptors (Lipinski definition) is 5. The molecule has 0 amide bonds. The van der Waals surface area contributed by atoms with Crippen molar-refractivity contribution in [2.24, 2.45) is 0 Å². The molecule has 5 aromatic carbocycles. The van der Waals surface area contributed by atoms with Gasteiger partial charge in [-0.15, -0.1) is 65.8 Å². The van der Waals surface area contributed by atoms with E-state index in [2.05, 4.69) is 63.3 Å². The summed E-state index contributed by atoms with van der Waals surface area (Å²) < 4.78 is 13.7. The van der Waals surface area contributed by atoms with Crippen LogP contribution in [0.3, 0.4) is 0 Å². The third-order valence-corrected chi connectivity index (χ3v) is 7.48. The van der Waals surface area contributed by atoms with E-state index in [0.29, 0.717) is 23.0 Å². The van der Waals surface area contributed by atoms with Gasteiger partial charge in [-0.25, -0.2) is 24.2 Å². The van der Waals surface area contributed by atoms with E-state index in [0.717, 1.165) is 39.4 Å². The van der Waals surface area contributed by atoms with Crippen molar-refractivity contribution in [1.82, 2.24) is 9.55 Å². The van der Waals surface area contributed by atoms with Gasteiger partial charge in [-0.3, -0.25) is 11.1 Å². The Labute approximate surface area is 327 Å². The number of rotatable bonds is 7. The molecule has 0 aliphatic carbocycles. The molecule has 0 spiro atoms. The van der Waals surface area contributed by atoms with Crippen LogP contribution in [0.25, 0.3) is 22.4 Å². The van der Waals surface area contributed by atoms with E-state index < -0.39 is 0 Å². The summed E-state index contributed by atoms with van der Waals surface area (Å²) in [5, 5.41) is 0. The summed E-state index contributed by atoms with van der Waals surface area (Å²) in [6.07, 6.45) is 11.8. The Bertz CT molecular complexity index is 2220. The fourth-order valence-corrected chi connectivity index (χ4v) is 5.19. The van der Waals surface area contributed by atoms with Crippen LogP contribution in [-0.2, 0) is 42.1 Å². The van der Waals surface area contributed by atoms with Crippen molar-refractivity contribution < 1.29 is 51.6 Å². The number of fused-ring (bicyclic) bond motifs is 1. The van der Waals surface area contributed by atoms with E-state index in [4.69, 9.17) is 15.9 Å². The molecule has 0 saturated carbocycles. The van der Waals surface area contributed by atoms with Gasteiger partial charge < -0.3 is 35.2 Å². The topological polar surface area (TPSA) is 42.8 Å². The minimum Gasteiger partial charge on any atom is -0.669 e. The minimum absolute atomic E-state index is 0. The van der Waals surface area contributed by atoms with E-state index in [9.17, 15) is 0 Å². The van der Waals surface area contributed by atoms with Crippen molar-refractivity contribution >= 4 is 17.1 Å². The first-order valence-electron chi connectivity index (χ1n) is 15.4. The third kappa shape index (κ3) is 9.07. The standard InChI is InChI=1S/C37H23N3O2.C6H4N.2Pt/c1-39-26-40(37-19-6-5-18-36(37)39)30-12-9-17-34(25-30)42-33-16-8-11-29(23-33)35-24-28(20-21-38-35)27-10-7-15-32(22-27)41-31-13-3-2-4-14-31;1-2-7-5-3-4-6-7;;/h2-13,15-19,21,24,26H,1H3;3-6H;;/q-6;-1;;+4. The Kier molecular flexibility index (Phi) is 12.7. The van der Waals surface area contributed by atoms with Crippen LogP contribution in [0.2, 0.25) is 0 Å². The number of pyridine rings is 1. The average Bonchev–Trinajstić information content (AvgIpc) is 3.81. The van der Waals surface area contributed by atoms with Gasteiger partial charge in [0.25, 0.3) is 0 Å². The Morgan fingerprint density at radius 3 is 2.00 bits per heavy atom. The average molecular weight is 1020 g/mol. The van der Waals surface area contributed by atoms with Gasteiger partial charge in [0.1, 0.15) is 0 Å². The molecule has 8 rings (SSSR count). The Morgan fingerprint density at radius 1 is 0.667 bits per heavy atom. The first-order chi connectivity index (χ1) is 24.1.